The predicted molar refractivity (Wildman–Crippen MR) is 96.8 cm³/mol. The van der Waals surface area contributed by atoms with Gasteiger partial charge < -0.3 is 5.32 Å². The Morgan fingerprint density at radius 2 is 1.37 bits per heavy atom. The Kier molecular flexibility index (Phi) is 3.88. The molecule has 5 heteroatoms. The Bertz CT molecular complexity index is 1020. The largest absolute Gasteiger partial charge is 0.340 e. The molecule has 0 saturated heterocycles. The van der Waals surface area contributed by atoms with Crippen molar-refractivity contribution in [1.82, 2.24) is 5.32 Å². The minimum Gasteiger partial charge on any atom is -0.333 e. The number of amides is 1. The maximum Gasteiger partial charge on any atom is 0.340 e. The van der Waals surface area contributed by atoms with Crippen molar-refractivity contribution >= 4 is 11.7 Å². The van der Waals surface area contributed by atoms with Crippen LogP contribution in [0.2, 0.25) is 0 Å². The first-order valence-electron chi connectivity index (χ1n) is 8.43. The summed E-state index contributed by atoms with van der Waals surface area (Å²) in [4.78, 5) is 25.4. The highest BCUT2D eigenvalue weighted by molar-refractivity contribution is 6.07. The van der Waals surface area contributed by atoms with E-state index in [0.29, 0.717) is 0 Å². The number of nitrogens with one attached hydrogen (secondary N) is 1. The highest BCUT2D eigenvalue weighted by atomic mass is 19.3. The fraction of sp³-hybridized carbons (Fsp3) is 0.0909. The summed E-state index contributed by atoms with van der Waals surface area (Å²) in [6.07, 6.45) is 0. The van der Waals surface area contributed by atoms with Crippen molar-refractivity contribution in [1.29, 1.82) is 0 Å². The van der Waals surface area contributed by atoms with E-state index >= 15 is 8.78 Å². The third-order valence-corrected chi connectivity index (χ3v) is 4.88. The summed E-state index contributed by atoms with van der Waals surface area (Å²) in [5, 5.41) is 2.43. The Morgan fingerprint density at radius 3 is 2.04 bits per heavy atom. The lowest BCUT2D eigenvalue weighted by atomic mass is 9.76. The molecule has 3 nitrogen and oxygen atoms in total. The van der Waals surface area contributed by atoms with Gasteiger partial charge in [0.25, 0.3) is 5.91 Å². The Labute approximate surface area is 154 Å². The second-order valence-corrected chi connectivity index (χ2v) is 6.39. The van der Waals surface area contributed by atoms with E-state index in [2.05, 4.69) is 5.32 Å². The van der Waals surface area contributed by atoms with Gasteiger partial charge in [0.05, 0.1) is 0 Å². The van der Waals surface area contributed by atoms with Crippen LogP contribution in [0.5, 0.6) is 0 Å². The van der Waals surface area contributed by atoms with E-state index in [1.807, 2.05) is 0 Å². The van der Waals surface area contributed by atoms with Crippen molar-refractivity contribution in [2.75, 3.05) is 0 Å². The Hall–Kier alpha value is -3.34. The molecule has 1 aliphatic rings. The van der Waals surface area contributed by atoms with Gasteiger partial charge in [0.2, 0.25) is 5.78 Å². The number of halogens is 2. The molecule has 0 aromatic heterocycles. The number of alkyl halides is 2. The van der Waals surface area contributed by atoms with Crippen molar-refractivity contribution in [2.45, 2.75) is 11.5 Å². The van der Waals surface area contributed by atoms with Crippen LogP contribution < -0.4 is 5.32 Å². The van der Waals surface area contributed by atoms with E-state index in [0.717, 1.165) is 0 Å². The molecule has 3 aromatic rings. The third-order valence-electron chi connectivity index (χ3n) is 4.88. The summed E-state index contributed by atoms with van der Waals surface area (Å²) in [7, 11) is 0. The lowest BCUT2D eigenvalue weighted by Crippen LogP contribution is -2.58. The van der Waals surface area contributed by atoms with Gasteiger partial charge in [-0.05, 0) is 11.6 Å². The lowest BCUT2D eigenvalue weighted by molar-refractivity contribution is -0.0411. The minimum atomic E-state index is -3.90. The molecule has 3 aromatic carbocycles. The SMILES string of the molecule is O=C1N[C@](c2ccccc2)(C(F)(F)C(=O)c2ccccc2)c2ccccc21. The van der Waals surface area contributed by atoms with Crippen LogP contribution in [-0.2, 0) is 5.54 Å². The fourth-order valence-corrected chi connectivity index (χ4v) is 3.60. The van der Waals surface area contributed by atoms with Crippen LogP contribution in [-0.4, -0.2) is 17.6 Å². The van der Waals surface area contributed by atoms with Crippen molar-refractivity contribution in [3.8, 4) is 0 Å². The number of fused-ring (bicyclic) bond motifs is 1. The number of hydrogen-bond donors (Lipinski definition) is 1. The number of carbonyl (C=O) groups excluding carboxylic acids is 2. The molecule has 0 saturated carbocycles. The van der Waals surface area contributed by atoms with Gasteiger partial charge >= 0.3 is 5.92 Å². The molecular weight excluding hydrogens is 348 g/mol. The maximum absolute atomic E-state index is 15.8. The van der Waals surface area contributed by atoms with E-state index in [9.17, 15) is 9.59 Å². The van der Waals surface area contributed by atoms with E-state index in [4.69, 9.17) is 0 Å². The van der Waals surface area contributed by atoms with Gasteiger partial charge in [0, 0.05) is 16.7 Å². The molecule has 1 heterocycles. The van der Waals surface area contributed by atoms with E-state index in [1.165, 1.54) is 48.5 Å². The average Bonchev–Trinajstić information content (AvgIpc) is 3.03. The molecule has 1 N–H and O–H groups in total. The monoisotopic (exact) mass is 363 g/mol. The molecule has 0 aliphatic carbocycles. The van der Waals surface area contributed by atoms with Gasteiger partial charge in [-0.25, -0.2) is 0 Å². The van der Waals surface area contributed by atoms with Crippen molar-refractivity contribution in [3.05, 3.63) is 107 Å². The Morgan fingerprint density at radius 1 is 0.815 bits per heavy atom. The molecule has 0 radical (unpaired) electrons. The summed E-state index contributed by atoms with van der Waals surface area (Å²) in [6, 6.07) is 21.4. The van der Waals surface area contributed by atoms with Gasteiger partial charge in [0.1, 0.15) is 0 Å². The number of benzene rings is 3. The number of Topliss-reactive ketones (excluding diaryl/α,β-unsaturated/α-hetero) is 1. The summed E-state index contributed by atoms with van der Waals surface area (Å²) in [5.74, 6) is -5.88. The number of hydrogen-bond acceptors (Lipinski definition) is 2. The van der Waals surface area contributed by atoms with Crippen LogP contribution in [0.4, 0.5) is 8.78 Å². The third kappa shape index (κ3) is 2.39. The van der Waals surface area contributed by atoms with Crippen molar-refractivity contribution in [2.24, 2.45) is 0 Å². The summed E-state index contributed by atoms with van der Waals surface area (Å²) >= 11 is 0. The molecule has 0 bridgehead atoms. The van der Waals surface area contributed by atoms with Gasteiger partial charge in [0.15, 0.2) is 5.54 Å². The van der Waals surface area contributed by atoms with Crippen LogP contribution >= 0.6 is 0 Å². The molecule has 4 rings (SSSR count). The molecular formula is C22H15F2NO2. The molecule has 0 fully saturated rings. The van der Waals surface area contributed by atoms with Gasteiger partial charge in [-0.1, -0.05) is 78.9 Å². The zero-order valence-corrected chi connectivity index (χ0v) is 14.2. The molecule has 1 amide bonds. The molecule has 27 heavy (non-hydrogen) atoms. The smallest absolute Gasteiger partial charge is 0.333 e. The van der Waals surface area contributed by atoms with Crippen LogP contribution in [0.25, 0.3) is 0 Å². The average molecular weight is 363 g/mol. The predicted octanol–water partition coefficient (Wildman–Crippen LogP) is 4.19. The Balaban J connectivity index is 1.99. The van der Waals surface area contributed by atoms with Crippen LogP contribution in [0.3, 0.4) is 0 Å². The zero-order chi connectivity index (χ0) is 19.1. The van der Waals surface area contributed by atoms with Crippen molar-refractivity contribution in [3.63, 3.8) is 0 Å². The normalized spacial score (nSPS) is 18.7. The van der Waals surface area contributed by atoms with Crippen LogP contribution in [0, 0.1) is 0 Å². The number of carbonyl (C=O) groups is 2. The zero-order valence-electron chi connectivity index (χ0n) is 14.2. The summed E-state index contributed by atoms with van der Waals surface area (Å²) < 4.78 is 31.7. The van der Waals surface area contributed by atoms with Gasteiger partial charge in [-0.2, -0.15) is 8.78 Å². The highest BCUT2D eigenvalue weighted by Crippen LogP contribution is 2.49. The first kappa shape index (κ1) is 17.1. The number of rotatable bonds is 4. The van der Waals surface area contributed by atoms with E-state index in [1.54, 1.807) is 36.4 Å². The van der Waals surface area contributed by atoms with Crippen LogP contribution in [0.15, 0.2) is 84.9 Å². The molecule has 0 unspecified atom stereocenters. The van der Waals surface area contributed by atoms with E-state index < -0.39 is 23.2 Å². The van der Waals surface area contributed by atoms with Gasteiger partial charge in [-0.15, -0.1) is 0 Å². The standard InChI is InChI=1S/C22H15F2NO2/c23-22(24,19(26)15-9-3-1-4-10-15)21(16-11-5-2-6-12-16)18-14-8-7-13-17(18)20(27)25-21/h1-14H,(H,25,27)/t21-/m0/s1. The van der Waals surface area contributed by atoms with Crippen LogP contribution in [0.1, 0.15) is 31.8 Å². The first-order valence-corrected chi connectivity index (χ1v) is 8.43. The topological polar surface area (TPSA) is 46.2 Å². The first-order chi connectivity index (χ1) is 13.0. The van der Waals surface area contributed by atoms with E-state index in [-0.39, 0.29) is 22.3 Å². The summed E-state index contributed by atoms with van der Waals surface area (Å²) in [5.41, 5.74) is -2.00. The lowest BCUT2D eigenvalue weighted by Gasteiger charge is -2.37. The van der Waals surface area contributed by atoms with Crippen molar-refractivity contribution < 1.29 is 18.4 Å². The minimum absolute atomic E-state index is 0.0930. The second kappa shape index (κ2) is 6.13. The number of ketones is 1. The molecule has 0 spiro atoms. The molecule has 1 atom stereocenters. The molecule has 1 aliphatic heterocycles. The maximum atomic E-state index is 15.8. The fourth-order valence-electron chi connectivity index (χ4n) is 3.60. The highest BCUT2D eigenvalue weighted by Gasteiger charge is 2.65. The molecule has 134 valence electrons. The summed E-state index contributed by atoms with van der Waals surface area (Å²) in [6.45, 7) is 0. The van der Waals surface area contributed by atoms with Gasteiger partial charge in [-0.3, -0.25) is 9.59 Å². The quantitative estimate of drug-likeness (QED) is 0.707. The second-order valence-electron chi connectivity index (χ2n) is 6.39.